The Morgan fingerprint density at radius 1 is 0.750 bits per heavy atom. The van der Waals surface area contributed by atoms with Gasteiger partial charge in [-0.05, 0) is 24.6 Å². The summed E-state index contributed by atoms with van der Waals surface area (Å²) in [5, 5.41) is 0.217. The van der Waals surface area contributed by atoms with Crippen molar-refractivity contribution in [2.45, 2.75) is 72.1 Å². The van der Waals surface area contributed by atoms with Gasteiger partial charge in [0.05, 0.1) is 20.8 Å². The number of fused-ring (bicyclic) bond motifs is 1. The predicted molar refractivity (Wildman–Crippen MR) is 152 cm³/mol. The third kappa shape index (κ3) is 8.00. The molecule has 9 nitrogen and oxygen atoms in total. The summed E-state index contributed by atoms with van der Waals surface area (Å²) >= 11 is 0. The summed E-state index contributed by atoms with van der Waals surface area (Å²) < 4.78 is 33.6. The minimum Gasteiger partial charge on any atom is -0.493 e. The SMILES string of the molecule is CCCCCCCCCCOc1c(OC)cc2oc(-c3ccc(OC(C)=O)c(OC(C)=O)c3)cc(=O)c2c1OC. The molecule has 0 aliphatic carbocycles. The fraction of sp³-hybridized carbons (Fsp3) is 0.452. The van der Waals surface area contributed by atoms with Crippen LogP contribution in [-0.4, -0.2) is 32.8 Å². The first-order valence-corrected chi connectivity index (χ1v) is 13.7. The van der Waals surface area contributed by atoms with E-state index in [2.05, 4.69) is 6.92 Å². The lowest BCUT2D eigenvalue weighted by atomic mass is 10.1. The summed E-state index contributed by atoms with van der Waals surface area (Å²) in [5.41, 5.74) is 0.304. The van der Waals surface area contributed by atoms with Crippen molar-refractivity contribution in [1.29, 1.82) is 0 Å². The van der Waals surface area contributed by atoms with Crippen LogP contribution in [0, 0.1) is 0 Å². The lowest BCUT2D eigenvalue weighted by molar-refractivity contribution is -0.134. The van der Waals surface area contributed by atoms with Crippen molar-refractivity contribution < 1.29 is 37.7 Å². The van der Waals surface area contributed by atoms with Crippen LogP contribution >= 0.6 is 0 Å². The van der Waals surface area contributed by atoms with Gasteiger partial charge in [0.25, 0.3) is 0 Å². The summed E-state index contributed by atoms with van der Waals surface area (Å²) in [7, 11) is 2.97. The van der Waals surface area contributed by atoms with Crippen molar-refractivity contribution in [3.8, 4) is 40.1 Å². The highest BCUT2D eigenvalue weighted by Crippen LogP contribution is 2.43. The summed E-state index contributed by atoms with van der Waals surface area (Å²) in [4.78, 5) is 36.4. The Morgan fingerprint density at radius 3 is 2.02 bits per heavy atom. The van der Waals surface area contributed by atoms with Crippen LogP contribution in [0.3, 0.4) is 0 Å². The van der Waals surface area contributed by atoms with Crippen molar-refractivity contribution in [1.82, 2.24) is 0 Å². The predicted octanol–water partition coefficient (Wildman–Crippen LogP) is 6.85. The maximum Gasteiger partial charge on any atom is 0.308 e. The molecule has 1 aromatic heterocycles. The standard InChI is InChI=1S/C31H38O9/c1-6-7-8-9-10-11-12-13-16-37-30-28(35-4)19-27-29(31(30)36-5)23(34)18-25(40-27)22-14-15-24(38-20(2)32)26(17-22)39-21(3)33/h14-15,17-19H,6-13,16H2,1-5H3. The van der Waals surface area contributed by atoms with E-state index < -0.39 is 11.9 Å². The molecule has 0 radical (unpaired) electrons. The molecule has 0 spiro atoms. The van der Waals surface area contributed by atoms with Crippen molar-refractivity contribution in [3.05, 3.63) is 40.6 Å². The number of hydrogen-bond donors (Lipinski definition) is 0. The number of methoxy groups -OCH3 is 2. The smallest absolute Gasteiger partial charge is 0.308 e. The molecule has 0 fully saturated rings. The zero-order chi connectivity index (χ0) is 29.1. The van der Waals surface area contributed by atoms with Gasteiger partial charge in [-0.3, -0.25) is 14.4 Å². The zero-order valence-electron chi connectivity index (χ0n) is 23.9. The Bertz CT molecular complexity index is 1370. The van der Waals surface area contributed by atoms with E-state index in [4.69, 9.17) is 28.1 Å². The molecule has 0 amide bonds. The van der Waals surface area contributed by atoms with Gasteiger partial charge in [-0.25, -0.2) is 0 Å². The maximum atomic E-state index is 13.3. The molecule has 9 heteroatoms. The molecule has 0 unspecified atom stereocenters. The van der Waals surface area contributed by atoms with Crippen LogP contribution in [0.1, 0.15) is 72.1 Å². The highest BCUT2D eigenvalue weighted by atomic mass is 16.6. The summed E-state index contributed by atoms with van der Waals surface area (Å²) in [6, 6.07) is 7.41. The largest absolute Gasteiger partial charge is 0.493 e. The molecular formula is C31H38O9. The molecule has 3 aromatic rings. The number of rotatable bonds is 15. The first-order chi connectivity index (χ1) is 19.3. The molecule has 216 valence electrons. The van der Waals surface area contributed by atoms with E-state index in [0.717, 1.165) is 19.3 Å². The normalized spacial score (nSPS) is 10.8. The van der Waals surface area contributed by atoms with Crippen LogP contribution in [-0.2, 0) is 9.59 Å². The molecule has 40 heavy (non-hydrogen) atoms. The van der Waals surface area contributed by atoms with Crippen molar-refractivity contribution in [2.24, 2.45) is 0 Å². The zero-order valence-corrected chi connectivity index (χ0v) is 23.9. The second-order valence-electron chi connectivity index (χ2n) is 9.46. The Hall–Kier alpha value is -4.01. The third-order valence-electron chi connectivity index (χ3n) is 6.30. The van der Waals surface area contributed by atoms with E-state index in [1.807, 2.05) is 0 Å². The van der Waals surface area contributed by atoms with E-state index in [9.17, 15) is 14.4 Å². The van der Waals surface area contributed by atoms with Crippen LogP contribution in [0.2, 0.25) is 0 Å². The Balaban J connectivity index is 1.88. The van der Waals surface area contributed by atoms with Gasteiger partial charge < -0.3 is 28.1 Å². The number of ether oxygens (including phenoxy) is 5. The fourth-order valence-electron chi connectivity index (χ4n) is 4.42. The van der Waals surface area contributed by atoms with Crippen LogP contribution in [0.4, 0.5) is 0 Å². The monoisotopic (exact) mass is 554 g/mol. The molecule has 1 heterocycles. The minimum atomic E-state index is -0.598. The minimum absolute atomic E-state index is 0.0165. The second-order valence-corrected chi connectivity index (χ2v) is 9.46. The van der Waals surface area contributed by atoms with Crippen LogP contribution in [0.5, 0.6) is 28.7 Å². The summed E-state index contributed by atoms with van der Waals surface area (Å²) in [6.07, 6.45) is 9.40. The molecule has 0 aliphatic rings. The highest BCUT2D eigenvalue weighted by Gasteiger charge is 2.22. The molecule has 0 N–H and O–H groups in total. The number of esters is 2. The summed E-state index contributed by atoms with van der Waals surface area (Å²) in [6.45, 7) is 5.14. The van der Waals surface area contributed by atoms with Gasteiger partial charge in [0.1, 0.15) is 16.7 Å². The van der Waals surface area contributed by atoms with E-state index in [-0.39, 0.29) is 39.4 Å². The van der Waals surface area contributed by atoms with Gasteiger partial charge in [-0.1, -0.05) is 51.9 Å². The highest BCUT2D eigenvalue weighted by molar-refractivity contribution is 5.90. The number of benzene rings is 2. The molecule has 3 rings (SSSR count). The molecule has 0 bridgehead atoms. The van der Waals surface area contributed by atoms with Gasteiger partial charge in [0, 0.05) is 31.5 Å². The Kier molecular flexibility index (Phi) is 11.4. The lowest BCUT2D eigenvalue weighted by Crippen LogP contribution is -2.08. The molecule has 0 saturated carbocycles. The van der Waals surface area contributed by atoms with Crippen LogP contribution in [0.15, 0.2) is 39.5 Å². The molecular weight excluding hydrogens is 516 g/mol. The van der Waals surface area contributed by atoms with E-state index in [0.29, 0.717) is 23.7 Å². The maximum absolute atomic E-state index is 13.3. The van der Waals surface area contributed by atoms with E-state index in [1.165, 1.54) is 78.4 Å². The van der Waals surface area contributed by atoms with E-state index >= 15 is 0 Å². The number of hydrogen-bond acceptors (Lipinski definition) is 9. The third-order valence-corrected chi connectivity index (χ3v) is 6.30. The second kappa shape index (κ2) is 15.0. The lowest BCUT2D eigenvalue weighted by Gasteiger charge is -2.16. The van der Waals surface area contributed by atoms with Gasteiger partial charge in [0.2, 0.25) is 5.75 Å². The first-order valence-electron chi connectivity index (χ1n) is 13.7. The van der Waals surface area contributed by atoms with Crippen molar-refractivity contribution in [2.75, 3.05) is 20.8 Å². The van der Waals surface area contributed by atoms with Gasteiger partial charge in [-0.2, -0.15) is 0 Å². The average Bonchev–Trinajstić information content (AvgIpc) is 2.91. The number of carbonyl (C=O) groups is 2. The van der Waals surface area contributed by atoms with Crippen molar-refractivity contribution in [3.63, 3.8) is 0 Å². The Morgan fingerprint density at radius 2 is 1.40 bits per heavy atom. The summed E-state index contributed by atoms with van der Waals surface area (Å²) in [5.74, 6) is 0.0759. The number of carbonyl (C=O) groups excluding carboxylic acids is 2. The number of unbranched alkanes of at least 4 members (excludes halogenated alkanes) is 7. The topological polar surface area (TPSA) is 110 Å². The Labute approximate surface area is 234 Å². The average molecular weight is 555 g/mol. The van der Waals surface area contributed by atoms with E-state index in [1.54, 1.807) is 12.1 Å². The van der Waals surface area contributed by atoms with Gasteiger partial charge in [-0.15, -0.1) is 0 Å². The van der Waals surface area contributed by atoms with Crippen LogP contribution < -0.4 is 29.1 Å². The first kappa shape index (κ1) is 30.5. The molecule has 0 saturated heterocycles. The molecule has 0 atom stereocenters. The van der Waals surface area contributed by atoms with Crippen LogP contribution in [0.25, 0.3) is 22.3 Å². The molecule has 2 aromatic carbocycles. The molecule has 0 aliphatic heterocycles. The van der Waals surface area contributed by atoms with Gasteiger partial charge >= 0.3 is 11.9 Å². The fourth-order valence-corrected chi connectivity index (χ4v) is 4.42. The quantitative estimate of drug-likeness (QED) is 0.113. The van der Waals surface area contributed by atoms with Gasteiger partial charge in [0.15, 0.2) is 28.4 Å². The van der Waals surface area contributed by atoms with Crippen molar-refractivity contribution >= 4 is 22.9 Å².